The maximum atomic E-state index is 12.5. The fourth-order valence-electron chi connectivity index (χ4n) is 2.76. The van der Waals surface area contributed by atoms with Gasteiger partial charge in [0.25, 0.3) is 0 Å². The summed E-state index contributed by atoms with van der Waals surface area (Å²) in [6.07, 6.45) is 3.16. The number of carboxylic acids is 1. The third-order valence-corrected chi connectivity index (χ3v) is 3.81. The van der Waals surface area contributed by atoms with Crippen molar-refractivity contribution in [3.8, 4) is 0 Å². The standard InChI is InChI=1S/C13H22N2O4/c16-12(17)10-11(14-4-2-1-3-5-14)13(18)15-6-8-19-9-7-15/h11H,1-10H2,(H,16,17)/t11-/m1/s1. The van der Waals surface area contributed by atoms with E-state index in [0.29, 0.717) is 26.3 Å². The van der Waals surface area contributed by atoms with Crippen LogP contribution in [0.4, 0.5) is 0 Å². The molecular weight excluding hydrogens is 248 g/mol. The summed E-state index contributed by atoms with van der Waals surface area (Å²) in [5, 5.41) is 9.04. The van der Waals surface area contributed by atoms with Gasteiger partial charge in [-0.1, -0.05) is 6.42 Å². The van der Waals surface area contributed by atoms with Crippen molar-refractivity contribution in [1.82, 2.24) is 9.80 Å². The summed E-state index contributed by atoms with van der Waals surface area (Å²) < 4.78 is 5.23. The molecular formula is C13H22N2O4. The number of ether oxygens (including phenoxy) is 1. The predicted octanol–water partition coefficient (Wildman–Crippen LogP) is 0.174. The molecule has 2 rings (SSSR count). The molecule has 0 bridgehead atoms. The van der Waals surface area contributed by atoms with Gasteiger partial charge < -0.3 is 14.7 Å². The maximum absolute atomic E-state index is 12.5. The molecule has 1 amide bonds. The lowest BCUT2D eigenvalue weighted by Gasteiger charge is -2.37. The van der Waals surface area contributed by atoms with Crippen molar-refractivity contribution in [3.63, 3.8) is 0 Å². The fourth-order valence-corrected chi connectivity index (χ4v) is 2.76. The van der Waals surface area contributed by atoms with Gasteiger partial charge in [-0.25, -0.2) is 0 Å². The van der Waals surface area contributed by atoms with Crippen LogP contribution in [0.1, 0.15) is 25.7 Å². The Morgan fingerprint density at radius 3 is 2.26 bits per heavy atom. The Labute approximate surface area is 113 Å². The molecule has 0 aromatic heterocycles. The largest absolute Gasteiger partial charge is 0.481 e. The molecule has 6 heteroatoms. The Hall–Kier alpha value is -1.14. The third-order valence-electron chi connectivity index (χ3n) is 3.81. The van der Waals surface area contributed by atoms with Crippen LogP contribution in [0.15, 0.2) is 0 Å². The highest BCUT2D eigenvalue weighted by Gasteiger charge is 2.33. The third kappa shape index (κ3) is 3.91. The average molecular weight is 270 g/mol. The van der Waals surface area contributed by atoms with E-state index in [9.17, 15) is 9.59 Å². The van der Waals surface area contributed by atoms with Gasteiger partial charge in [-0.05, 0) is 25.9 Å². The minimum atomic E-state index is -0.905. The van der Waals surface area contributed by atoms with Gasteiger partial charge in [-0.15, -0.1) is 0 Å². The van der Waals surface area contributed by atoms with Gasteiger partial charge in [-0.2, -0.15) is 0 Å². The van der Waals surface area contributed by atoms with E-state index in [2.05, 4.69) is 0 Å². The van der Waals surface area contributed by atoms with Crippen LogP contribution in [-0.4, -0.2) is 72.2 Å². The average Bonchev–Trinajstić information content (AvgIpc) is 2.46. The maximum Gasteiger partial charge on any atom is 0.305 e. The quantitative estimate of drug-likeness (QED) is 0.789. The molecule has 2 saturated heterocycles. The summed E-state index contributed by atoms with van der Waals surface area (Å²) in [6.45, 7) is 3.89. The molecule has 108 valence electrons. The first kappa shape index (κ1) is 14.3. The fraction of sp³-hybridized carbons (Fsp3) is 0.846. The molecule has 1 atom stereocenters. The molecule has 0 aromatic rings. The minimum Gasteiger partial charge on any atom is -0.481 e. The zero-order chi connectivity index (χ0) is 13.7. The molecule has 19 heavy (non-hydrogen) atoms. The van der Waals surface area contributed by atoms with Crippen LogP contribution >= 0.6 is 0 Å². The van der Waals surface area contributed by atoms with Crippen LogP contribution in [0, 0.1) is 0 Å². The number of aliphatic carboxylic acids is 1. The van der Waals surface area contributed by atoms with Gasteiger partial charge in [0.2, 0.25) is 5.91 Å². The minimum absolute atomic E-state index is 0.0485. The number of carbonyl (C=O) groups is 2. The number of hydrogen-bond donors (Lipinski definition) is 1. The highest BCUT2D eigenvalue weighted by molar-refractivity contribution is 5.86. The first-order chi connectivity index (χ1) is 9.18. The van der Waals surface area contributed by atoms with Crippen molar-refractivity contribution in [3.05, 3.63) is 0 Å². The number of nitrogens with zero attached hydrogens (tertiary/aromatic N) is 2. The lowest BCUT2D eigenvalue weighted by Crippen LogP contribution is -2.53. The molecule has 2 fully saturated rings. The smallest absolute Gasteiger partial charge is 0.305 e. The summed E-state index contributed by atoms with van der Waals surface area (Å²) in [5.74, 6) is -0.954. The van der Waals surface area contributed by atoms with Crippen LogP contribution in [0.3, 0.4) is 0 Å². The highest BCUT2D eigenvalue weighted by Crippen LogP contribution is 2.17. The lowest BCUT2D eigenvalue weighted by molar-refractivity contribution is -0.148. The van der Waals surface area contributed by atoms with Crippen molar-refractivity contribution in [2.75, 3.05) is 39.4 Å². The molecule has 6 nitrogen and oxygen atoms in total. The van der Waals surface area contributed by atoms with Crippen LogP contribution in [0.25, 0.3) is 0 Å². The van der Waals surface area contributed by atoms with Gasteiger partial charge in [0, 0.05) is 13.1 Å². The van der Waals surface area contributed by atoms with Gasteiger partial charge in [-0.3, -0.25) is 14.5 Å². The van der Waals surface area contributed by atoms with Crippen LogP contribution < -0.4 is 0 Å². The Bertz CT molecular complexity index is 323. The second-order valence-electron chi connectivity index (χ2n) is 5.15. The summed E-state index contributed by atoms with van der Waals surface area (Å²) in [7, 11) is 0. The summed E-state index contributed by atoms with van der Waals surface area (Å²) in [5.41, 5.74) is 0. The van der Waals surface area contributed by atoms with E-state index in [1.807, 2.05) is 4.90 Å². The Balaban J connectivity index is 2.02. The Morgan fingerprint density at radius 1 is 1.05 bits per heavy atom. The number of piperidine rings is 1. The molecule has 2 aliphatic heterocycles. The van der Waals surface area contributed by atoms with Crippen LogP contribution in [0.5, 0.6) is 0 Å². The van der Waals surface area contributed by atoms with E-state index in [1.54, 1.807) is 4.90 Å². The van der Waals surface area contributed by atoms with E-state index in [4.69, 9.17) is 9.84 Å². The van der Waals surface area contributed by atoms with Gasteiger partial charge in [0.1, 0.15) is 0 Å². The van der Waals surface area contributed by atoms with Crippen molar-refractivity contribution >= 4 is 11.9 Å². The predicted molar refractivity (Wildman–Crippen MR) is 68.9 cm³/mol. The summed E-state index contributed by atoms with van der Waals surface area (Å²) in [6, 6.07) is -0.504. The zero-order valence-electron chi connectivity index (χ0n) is 11.2. The molecule has 0 spiro atoms. The van der Waals surface area contributed by atoms with E-state index in [1.165, 1.54) is 6.42 Å². The SMILES string of the molecule is O=C(O)C[C@H](C(=O)N1CCOCC1)N1CCCCC1. The van der Waals surface area contributed by atoms with Crippen molar-refractivity contribution in [2.45, 2.75) is 31.7 Å². The summed E-state index contributed by atoms with van der Waals surface area (Å²) >= 11 is 0. The van der Waals surface area contributed by atoms with Gasteiger partial charge in [0.15, 0.2) is 0 Å². The molecule has 1 N–H and O–H groups in total. The second kappa shape index (κ2) is 6.86. The van der Waals surface area contributed by atoms with Crippen LogP contribution in [0.2, 0.25) is 0 Å². The second-order valence-corrected chi connectivity index (χ2v) is 5.15. The first-order valence-corrected chi connectivity index (χ1v) is 7.01. The van der Waals surface area contributed by atoms with E-state index in [-0.39, 0.29) is 12.3 Å². The monoisotopic (exact) mass is 270 g/mol. The van der Waals surface area contributed by atoms with Gasteiger partial charge in [0.05, 0.1) is 25.7 Å². The number of carboxylic acid groups (broad SMARTS) is 1. The Morgan fingerprint density at radius 2 is 1.68 bits per heavy atom. The normalized spacial score (nSPS) is 23.1. The van der Waals surface area contributed by atoms with E-state index in [0.717, 1.165) is 25.9 Å². The van der Waals surface area contributed by atoms with Crippen molar-refractivity contribution in [1.29, 1.82) is 0 Å². The number of rotatable bonds is 4. The number of likely N-dealkylation sites (tertiary alicyclic amines) is 1. The topological polar surface area (TPSA) is 70.1 Å². The van der Waals surface area contributed by atoms with Crippen molar-refractivity contribution < 1.29 is 19.4 Å². The molecule has 2 heterocycles. The number of carbonyl (C=O) groups excluding carboxylic acids is 1. The first-order valence-electron chi connectivity index (χ1n) is 7.01. The molecule has 0 aromatic carbocycles. The molecule has 0 saturated carbocycles. The Kier molecular flexibility index (Phi) is 5.15. The van der Waals surface area contributed by atoms with E-state index < -0.39 is 12.0 Å². The van der Waals surface area contributed by atoms with Gasteiger partial charge >= 0.3 is 5.97 Å². The summed E-state index contributed by atoms with van der Waals surface area (Å²) in [4.78, 5) is 27.3. The molecule has 0 radical (unpaired) electrons. The van der Waals surface area contributed by atoms with E-state index >= 15 is 0 Å². The number of morpholine rings is 1. The van der Waals surface area contributed by atoms with Crippen LogP contribution in [-0.2, 0) is 14.3 Å². The zero-order valence-corrected chi connectivity index (χ0v) is 11.2. The molecule has 2 aliphatic rings. The van der Waals surface area contributed by atoms with Crippen molar-refractivity contribution in [2.24, 2.45) is 0 Å². The molecule has 0 unspecified atom stereocenters. The molecule has 0 aliphatic carbocycles. The number of amides is 1. The lowest BCUT2D eigenvalue weighted by atomic mass is 10.0. The number of hydrogen-bond acceptors (Lipinski definition) is 4. The highest BCUT2D eigenvalue weighted by atomic mass is 16.5.